The maximum Gasteiger partial charge on any atom is 0.256 e. The maximum absolute atomic E-state index is 14.0. The molecule has 1 atom stereocenters. The first-order valence-corrected chi connectivity index (χ1v) is 8.24. The fourth-order valence-corrected chi connectivity index (χ4v) is 2.80. The van der Waals surface area contributed by atoms with Crippen molar-refractivity contribution in [1.82, 2.24) is 10.2 Å². The Morgan fingerprint density at radius 2 is 2.12 bits per heavy atom. The number of methoxy groups -OCH3 is 1. The maximum atomic E-state index is 14.0. The zero-order valence-corrected chi connectivity index (χ0v) is 14.9. The van der Waals surface area contributed by atoms with Crippen molar-refractivity contribution in [1.29, 1.82) is 0 Å². The van der Waals surface area contributed by atoms with Crippen molar-refractivity contribution in [3.05, 3.63) is 29.6 Å². The van der Waals surface area contributed by atoms with E-state index in [2.05, 4.69) is 5.32 Å². The van der Waals surface area contributed by atoms with Crippen LogP contribution in [-0.2, 0) is 11.3 Å². The predicted molar refractivity (Wildman–Crippen MR) is 90.3 cm³/mol. The second-order valence-corrected chi connectivity index (χ2v) is 7.42. The third kappa shape index (κ3) is 4.45. The number of amides is 1. The number of benzene rings is 1. The van der Waals surface area contributed by atoms with Gasteiger partial charge in [0, 0.05) is 30.7 Å². The average Bonchev–Trinajstić information content (AvgIpc) is 2.51. The number of β-amino-alcohol motifs (C(OH)–C–C–N with tert-alkyl or cyclic N) is 1. The summed E-state index contributed by atoms with van der Waals surface area (Å²) in [6.07, 6.45) is 1.09. The number of nitrogens with zero attached hydrogens (tertiary/aromatic N) is 1. The van der Waals surface area contributed by atoms with Gasteiger partial charge in [-0.3, -0.25) is 4.79 Å². The summed E-state index contributed by atoms with van der Waals surface area (Å²) in [7, 11) is 1.51. The van der Waals surface area contributed by atoms with E-state index in [1.807, 2.05) is 20.8 Å². The molecule has 2 N–H and O–H groups in total. The van der Waals surface area contributed by atoms with Gasteiger partial charge >= 0.3 is 0 Å². The predicted octanol–water partition coefficient (Wildman–Crippen LogP) is 2.08. The van der Waals surface area contributed by atoms with Gasteiger partial charge in [-0.25, -0.2) is 4.39 Å². The van der Waals surface area contributed by atoms with Crippen LogP contribution in [-0.4, -0.2) is 47.3 Å². The van der Waals surface area contributed by atoms with E-state index in [0.717, 1.165) is 0 Å². The Kier molecular flexibility index (Phi) is 5.50. The third-order valence-electron chi connectivity index (χ3n) is 4.23. The first-order valence-electron chi connectivity index (χ1n) is 8.24. The molecule has 0 unspecified atom stereocenters. The van der Waals surface area contributed by atoms with E-state index < -0.39 is 5.60 Å². The lowest BCUT2D eigenvalue weighted by atomic mass is 9.90. The minimum Gasteiger partial charge on any atom is -0.497 e. The highest BCUT2D eigenvalue weighted by molar-refractivity contribution is 5.86. The van der Waals surface area contributed by atoms with E-state index in [4.69, 9.17) is 4.74 Å². The largest absolute Gasteiger partial charge is 0.497 e. The molecule has 2 rings (SSSR count). The number of hydrogen-bond acceptors (Lipinski definition) is 4. The lowest BCUT2D eigenvalue weighted by Gasteiger charge is -2.39. The van der Waals surface area contributed by atoms with E-state index in [0.29, 0.717) is 30.7 Å². The highest BCUT2D eigenvalue weighted by Crippen LogP contribution is 2.26. The Labute approximate surface area is 142 Å². The minimum atomic E-state index is -1.44. The van der Waals surface area contributed by atoms with Crippen LogP contribution >= 0.6 is 0 Å². The summed E-state index contributed by atoms with van der Waals surface area (Å²) in [5.74, 6) is -0.196. The Balaban J connectivity index is 2.12. The number of halogens is 1. The molecule has 5 nitrogen and oxygen atoms in total. The standard InChI is InChI=1S/C18H27FN2O3/c1-17(2,3)20-12-18(23)8-5-9-21(16(18)22)11-13-10-14(24-4)6-7-15(13)19/h6-7,10,20,23H,5,8-9,11-12H2,1-4H3/t18-/m0/s1. The molecule has 1 aromatic carbocycles. The Morgan fingerprint density at radius 3 is 2.75 bits per heavy atom. The van der Waals surface area contributed by atoms with Crippen LogP contribution in [0.15, 0.2) is 18.2 Å². The number of likely N-dealkylation sites (tertiary alicyclic amines) is 1. The first kappa shape index (κ1) is 18.7. The average molecular weight is 338 g/mol. The summed E-state index contributed by atoms with van der Waals surface area (Å²) in [5, 5.41) is 13.9. The van der Waals surface area contributed by atoms with Gasteiger partial charge in [-0.05, 0) is 51.8 Å². The summed E-state index contributed by atoms with van der Waals surface area (Å²) in [5.41, 5.74) is -1.26. The normalized spacial score (nSPS) is 21.9. The van der Waals surface area contributed by atoms with E-state index in [-0.39, 0.29) is 30.4 Å². The number of aliphatic hydroxyl groups is 1. The van der Waals surface area contributed by atoms with Crippen molar-refractivity contribution in [3.8, 4) is 5.75 Å². The zero-order chi connectivity index (χ0) is 18.0. The molecule has 0 spiro atoms. The van der Waals surface area contributed by atoms with Crippen LogP contribution in [0, 0.1) is 5.82 Å². The van der Waals surface area contributed by atoms with Crippen LogP contribution in [0.25, 0.3) is 0 Å². The van der Waals surface area contributed by atoms with Crippen LogP contribution in [0.4, 0.5) is 4.39 Å². The molecule has 6 heteroatoms. The van der Waals surface area contributed by atoms with Crippen molar-refractivity contribution >= 4 is 5.91 Å². The van der Waals surface area contributed by atoms with Crippen LogP contribution < -0.4 is 10.1 Å². The number of carbonyl (C=O) groups is 1. The Bertz CT molecular complexity index is 600. The van der Waals surface area contributed by atoms with Gasteiger partial charge in [-0.2, -0.15) is 0 Å². The number of hydrogen-bond donors (Lipinski definition) is 2. The Morgan fingerprint density at radius 1 is 1.42 bits per heavy atom. The molecule has 1 fully saturated rings. The minimum absolute atomic E-state index is 0.125. The van der Waals surface area contributed by atoms with Crippen LogP contribution in [0.3, 0.4) is 0 Å². The van der Waals surface area contributed by atoms with E-state index in [1.165, 1.54) is 18.1 Å². The molecule has 0 aliphatic carbocycles. The zero-order valence-electron chi connectivity index (χ0n) is 14.9. The lowest BCUT2D eigenvalue weighted by molar-refractivity contribution is -0.157. The summed E-state index contributed by atoms with van der Waals surface area (Å²) in [6.45, 7) is 6.76. The second-order valence-electron chi connectivity index (χ2n) is 7.42. The number of nitrogens with one attached hydrogen (secondary N) is 1. The molecular weight excluding hydrogens is 311 g/mol. The van der Waals surface area contributed by atoms with Gasteiger partial charge in [0.2, 0.25) is 0 Å². The summed E-state index contributed by atoms with van der Waals surface area (Å²) >= 11 is 0. The van der Waals surface area contributed by atoms with E-state index in [9.17, 15) is 14.3 Å². The third-order valence-corrected chi connectivity index (χ3v) is 4.23. The highest BCUT2D eigenvalue weighted by atomic mass is 19.1. The molecule has 134 valence electrons. The van der Waals surface area contributed by atoms with E-state index >= 15 is 0 Å². The molecule has 1 aliphatic rings. The van der Waals surface area contributed by atoms with Gasteiger partial charge < -0.3 is 20.1 Å². The number of piperidine rings is 1. The number of carbonyl (C=O) groups excluding carboxylic acids is 1. The monoisotopic (exact) mass is 338 g/mol. The summed E-state index contributed by atoms with van der Waals surface area (Å²) in [4.78, 5) is 14.2. The topological polar surface area (TPSA) is 61.8 Å². The van der Waals surface area contributed by atoms with Gasteiger partial charge in [0.15, 0.2) is 5.60 Å². The molecule has 1 saturated heterocycles. The van der Waals surface area contributed by atoms with Crippen molar-refractivity contribution in [2.75, 3.05) is 20.2 Å². The first-order chi connectivity index (χ1) is 11.1. The van der Waals surface area contributed by atoms with Crippen LogP contribution in [0.1, 0.15) is 39.2 Å². The molecule has 1 amide bonds. The smallest absolute Gasteiger partial charge is 0.256 e. The summed E-state index contributed by atoms with van der Waals surface area (Å²) < 4.78 is 19.1. The second kappa shape index (κ2) is 7.07. The van der Waals surface area contributed by atoms with Gasteiger partial charge in [-0.15, -0.1) is 0 Å². The lowest BCUT2D eigenvalue weighted by Crippen LogP contribution is -2.59. The number of ether oxygens (including phenoxy) is 1. The van der Waals surface area contributed by atoms with Gasteiger partial charge in [0.25, 0.3) is 5.91 Å². The van der Waals surface area contributed by atoms with Crippen molar-refractivity contribution in [2.45, 2.75) is 51.3 Å². The SMILES string of the molecule is COc1ccc(F)c(CN2CCC[C@](O)(CNC(C)(C)C)C2=O)c1. The molecule has 1 heterocycles. The molecular formula is C18H27FN2O3. The van der Waals surface area contributed by atoms with E-state index in [1.54, 1.807) is 12.1 Å². The van der Waals surface area contributed by atoms with Crippen LogP contribution in [0.2, 0.25) is 0 Å². The molecule has 0 saturated carbocycles. The molecule has 24 heavy (non-hydrogen) atoms. The highest BCUT2D eigenvalue weighted by Gasteiger charge is 2.42. The summed E-state index contributed by atoms with van der Waals surface area (Å²) in [6, 6.07) is 4.46. The Hall–Kier alpha value is -1.66. The molecule has 1 aliphatic heterocycles. The molecule has 0 aromatic heterocycles. The van der Waals surface area contributed by atoms with Crippen molar-refractivity contribution in [3.63, 3.8) is 0 Å². The van der Waals surface area contributed by atoms with Gasteiger partial charge in [0.1, 0.15) is 11.6 Å². The quantitative estimate of drug-likeness (QED) is 0.863. The van der Waals surface area contributed by atoms with Crippen LogP contribution in [0.5, 0.6) is 5.75 Å². The molecule has 0 bridgehead atoms. The van der Waals surface area contributed by atoms with Crippen molar-refractivity contribution in [2.24, 2.45) is 0 Å². The van der Waals surface area contributed by atoms with Crippen molar-refractivity contribution < 1.29 is 19.0 Å². The fourth-order valence-electron chi connectivity index (χ4n) is 2.80. The molecule has 1 aromatic rings. The van der Waals surface area contributed by atoms with Gasteiger partial charge in [-0.1, -0.05) is 0 Å². The fraction of sp³-hybridized carbons (Fsp3) is 0.611. The van der Waals surface area contributed by atoms with Gasteiger partial charge in [0.05, 0.1) is 7.11 Å². The number of rotatable bonds is 5. The molecule has 0 radical (unpaired) electrons.